The fourth-order valence-electron chi connectivity index (χ4n) is 3.35. The summed E-state index contributed by atoms with van der Waals surface area (Å²) in [5, 5.41) is 8.38. The van der Waals surface area contributed by atoms with E-state index in [9.17, 15) is 0 Å². The normalized spacial score (nSPS) is 15.3. The van der Waals surface area contributed by atoms with Gasteiger partial charge in [0.25, 0.3) is 0 Å². The molecule has 0 radical (unpaired) electrons. The van der Waals surface area contributed by atoms with E-state index in [-0.39, 0.29) is 0 Å². The molecule has 1 saturated heterocycles. The molecule has 26 heavy (non-hydrogen) atoms. The summed E-state index contributed by atoms with van der Waals surface area (Å²) in [5.74, 6) is 1.00. The van der Waals surface area contributed by atoms with Gasteiger partial charge in [-0.25, -0.2) is 9.67 Å². The lowest BCUT2D eigenvalue weighted by Crippen LogP contribution is -2.46. The molecule has 4 rings (SSSR count). The van der Waals surface area contributed by atoms with Crippen molar-refractivity contribution in [1.82, 2.24) is 29.9 Å². The molecule has 0 unspecified atom stereocenters. The first-order chi connectivity index (χ1) is 12.8. The van der Waals surface area contributed by atoms with Crippen LogP contribution in [0.15, 0.2) is 48.9 Å². The highest BCUT2D eigenvalue weighted by Crippen LogP contribution is 2.17. The number of piperazine rings is 1. The monoisotopic (exact) mass is 349 g/mol. The number of rotatable bonds is 5. The zero-order valence-electron chi connectivity index (χ0n) is 15.0. The Balaban J connectivity index is 1.37. The van der Waals surface area contributed by atoms with Crippen LogP contribution >= 0.6 is 0 Å². The zero-order chi connectivity index (χ0) is 17.8. The van der Waals surface area contributed by atoms with Crippen molar-refractivity contribution in [3.63, 3.8) is 0 Å². The molecular formula is C19H23N7. The predicted octanol–water partition coefficient (Wildman–Crippen LogP) is 1.75. The summed E-state index contributed by atoms with van der Waals surface area (Å²) in [6.45, 7) is 7.54. The van der Waals surface area contributed by atoms with Gasteiger partial charge >= 0.3 is 0 Å². The predicted molar refractivity (Wildman–Crippen MR) is 99.8 cm³/mol. The van der Waals surface area contributed by atoms with Crippen LogP contribution in [0.25, 0.3) is 0 Å². The van der Waals surface area contributed by atoms with Crippen LogP contribution in [-0.4, -0.2) is 56.0 Å². The molecule has 0 bridgehead atoms. The molecule has 1 fully saturated rings. The van der Waals surface area contributed by atoms with Crippen LogP contribution in [0, 0.1) is 6.92 Å². The number of benzene rings is 1. The largest absolute Gasteiger partial charge is 0.353 e. The van der Waals surface area contributed by atoms with Gasteiger partial charge in [-0.2, -0.15) is 0 Å². The maximum atomic E-state index is 4.48. The first-order valence-electron chi connectivity index (χ1n) is 8.96. The second-order valence-corrected chi connectivity index (χ2v) is 6.60. The van der Waals surface area contributed by atoms with E-state index in [4.69, 9.17) is 0 Å². The van der Waals surface area contributed by atoms with Crippen molar-refractivity contribution in [3.8, 4) is 0 Å². The fourth-order valence-corrected chi connectivity index (χ4v) is 3.35. The third-order valence-corrected chi connectivity index (χ3v) is 4.79. The molecule has 3 heterocycles. The van der Waals surface area contributed by atoms with Gasteiger partial charge in [-0.3, -0.25) is 9.88 Å². The first-order valence-corrected chi connectivity index (χ1v) is 8.96. The van der Waals surface area contributed by atoms with Crippen molar-refractivity contribution in [3.05, 3.63) is 65.9 Å². The van der Waals surface area contributed by atoms with Crippen LogP contribution in [0.5, 0.6) is 0 Å². The molecule has 1 aromatic carbocycles. The Kier molecular flexibility index (Phi) is 4.88. The summed E-state index contributed by atoms with van der Waals surface area (Å²) in [7, 11) is 0. The van der Waals surface area contributed by atoms with Gasteiger partial charge in [0.05, 0.1) is 24.1 Å². The molecule has 2 aromatic heterocycles. The molecule has 134 valence electrons. The Hall–Kier alpha value is -2.80. The molecular weight excluding hydrogens is 326 g/mol. The third-order valence-electron chi connectivity index (χ3n) is 4.79. The smallest absolute Gasteiger partial charge is 0.150 e. The molecule has 0 amide bonds. The Morgan fingerprint density at radius 2 is 1.69 bits per heavy atom. The molecule has 7 heteroatoms. The number of nitrogens with zero attached hydrogens (tertiary/aromatic N) is 7. The van der Waals surface area contributed by atoms with E-state index < -0.39 is 0 Å². The molecule has 0 saturated carbocycles. The van der Waals surface area contributed by atoms with Crippen molar-refractivity contribution < 1.29 is 0 Å². The summed E-state index contributed by atoms with van der Waals surface area (Å²) >= 11 is 0. The molecule has 0 spiro atoms. The van der Waals surface area contributed by atoms with Crippen LogP contribution in [0.2, 0.25) is 0 Å². The second kappa shape index (κ2) is 7.61. The zero-order valence-corrected chi connectivity index (χ0v) is 15.0. The molecule has 0 atom stereocenters. The second-order valence-electron chi connectivity index (χ2n) is 6.60. The van der Waals surface area contributed by atoms with Crippen LogP contribution in [0.4, 0.5) is 5.82 Å². The van der Waals surface area contributed by atoms with Crippen molar-refractivity contribution >= 4 is 5.82 Å². The molecule has 0 aliphatic carbocycles. The minimum absolute atomic E-state index is 0.759. The van der Waals surface area contributed by atoms with Gasteiger partial charge in [-0.05, 0) is 12.5 Å². The van der Waals surface area contributed by atoms with Crippen LogP contribution in [0.1, 0.15) is 17.0 Å². The van der Waals surface area contributed by atoms with Gasteiger partial charge in [0, 0.05) is 45.1 Å². The van der Waals surface area contributed by atoms with E-state index in [2.05, 4.69) is 54.3 Å². The molecule has 1 aliphatic heterocycles. The quantitative estimate of drug-likeness (QED) is 0.699. The lowest BCUT2D eigenvalue weighted by atomic mass is 10.2. The van der Waals surface area contributed by atoms with Gasteiger partial charge in [-0.15, -0.1) is 5.10 Å². The topological polar surface area (TPSA) is 63.0 Å². The summed E-state index contributed by atoms with van der Waals surface area (Å²) in [6.07, 6.45) is 5.39. The number of aromatic nitrogens is 5. The van der Waals surface area contributed by atoms with E-state index in [1.807, 2.05) is 23.9 Å². The van der Waals surface area contributed by atoms with Crippen molar-refractivity contribution in [2.24, 2.45) is 0 Å². The van der Waals surface area contributed by atoms with Crippen molar-refractivity contribution in [1.29, 1.82) is 0 Å². The summed E-state index contributed by atoms with van der Waals surface area (Å²) < 4.78 is 1.99. The maximum Gasteiger partial charge on any atom is 0.150 e. The van der Waals surface area contributed by atoms with Gasteiger partial charge in [0.15, 0.2) is 0 Å². The minimum atomic E-state index is 0.759. The highest BCUT2D eigenvalue weighted by Gasteiger charge is 2.20. The van der Waals surface area contributed by atoms with Crippen molar-refractivity contribution in [2.75, 3.05) is 31.1 Å². The SMILES string of the molecule is Cc1nccnc1N1CCN(Cc2cnnn2Cc2ccccc2)CC1. The van der Waals surface area contributed by atoms with E-state index in [0.717, 1.165) is 56.5 Å². The van der Waals surface area contributed by atoms with Gasteiger partial charge in [0.2, 0.25) is 0 Å². The van der Waals surface area contributed by atoms with E-state index in [1.165, 1.54) is 5.56 Å². The number of anilines is 1. The highest BCUT2D eigenvalue weighted by atomic mass is 15.4. The third kappa shape index (κ3) is 3.72. The Morgan fingerprint density at radius 1 is 0.923 bits per heavy atom. The number of hydrogen-bond acceptors (Lipinski definition) is 6. The minimum Gasteiger partial charge on any atom is -0.353 e. The Bertz CT molecular complexity index is 838. The van der Waals surface area contributed by atoms with E-state index >= 15 is 0 Å². The van der Waals surface area contributed by atoms with Crippen molar-refractivity contribution in [2.45, 2.75) is 20.0 Å². The summed E-state index contributed by atoms with van der Waals surface area (Å²) in [4.78, 5) is 13.6. The Labute approximate surface area is 153 Å². The lowest BCUT2D eigenvalue weighted by molar-refractivity contribution is 0.242. The first kappa shape index (κ1) is 16.7. The average Bonchev–Trinajstić information content (AvgIpc) is 3.10. The molecule has 1 aliphatic rings. The fraction of sp³-hybridized carbons (Fsp3) is 0.368. The molecule has 0 N–H and O–H groups in total. The standard InChI is InChI=1S/C19H23N7/c1-16-19(21-8-7-20-16)25-11-9-24(10-12-25)15-18-13-22-23-26(18)14-17-5-3-2-4-6-17/h2-8,13H,9-12,14-15H2,1H3. The Morgan fingerprint density at radius 3 is 2.46 bits per heavy atom. The maximum absolute atomic E-state index is 4.48. The van der Waals surface area contributed by atoms with Crippen LogP contribution < -0.4 is 4.90 Å². The average molecular weight is 349 g/mol. The number of hydrogen-bond donors (Lipinski definition) is 0. The lowest BCUT2D eigenvalue weighted by Gasteiger charge is -2.35. The summed E-state index contributed by atoms with van der Waals surface area (Å²) in [5.41, 5.74) is 3.38. The van der Waals surface area contributed by atoms with Crippen LogP contribution in [0.3, 0.4) is 0 Å². The number of aryl methyl sites for hydroxylation is 1. The molecule has 7 nitrogen and oxygen atoms in total. The highest BCUT2D eigenvalue weighted by molar-refractivity contribution is 5.42. The van der Waals surface area contributed by atoms with Crippen LogP contribution in [-0.2, 0) is 13.1 Å². The van der Waals surface area contributed by atoms with E-state index in [1.54, 1.807) is 12.4 Å². The van der Waals surface area contributed by atoms with Gasteiger partial charge in [-0.1, -0.05) is 35.5 Å². The summed E-state index contributed by atoms with van der Waals surface area (Å²) in [6, 6.07) is 10.4. The van der Waals surface area contributed by atoms with Gasteiger partial charge < -0.3 is 4.90 Å². The van der Waals surface area contributed by atoms with E-state index in [0.29, 0.717) is 0 Å². The molecule has 3 aromatic rings. The van der Waals surface area contributed by atoms with Gasteiger partial charge in [0.1, 0.15) is 5.82 Å².